The SMILES string of the molecule is CCCCCCC(=O)CCC(=O)N(O)CCCCCNCC(=O)NO.CCN(O)C(=O)CCC(=O)NCCCCCN(O)C(=O)CCC(=O)O. The molecule has 0 fully saturated rings. The number of nitrogens with zero attached hydrogens (tertiary/aromatic N) is 3. The van der Waals surface area contributed by atoms with Crippen molar-refractivity contribution < 1.29 is 59.5 Å². The molecule has 0 aliphatic heterocycles. The van der Waals surface area contributed by atoms with Gasteiger partial charge in [0.1, 0.15) is 5.78 Å². The normalized spacial score (nSPS) is 10.4. The van der Waals surface area contributed by atoms with Crippen molar-refractivity contribution in [3.63, 3.8) is 0 Å². The van der Waals surface area contributed by atoms with Crippen LogP contribution in [0.25, 0.3) is 0 Å². The molecule has 290 valence electrons. The summed E-state index contributed by atoms with van der Waals surface area (Å²) < 4.78 is 0. The van der Waals surface area contributed by atoms with Gasteiger partial charge < -0.3 is 15.7 Å². The van der Waals surface area contributed by atoms with E-state index < -0.39 is 29.6 Å². The van der Waals surface area contributed by atoms with Gasteiger partial charge >= 0.3 is 5.97 Å². The molecule has 0 aromatic rings. The molecule has 18 nitrogen and oxygen atoms in total. The molecule has 8 N–H and O–H groups in total. The number of nitrogens with one attached hydrogen (secondary N) is 3. The van der Waals surface area contributed by atoms with E-state index in [0.29, 0.717) is 60.4 Å². The Balaban J connectivity index is 0. The zero-order valence-corrected chi connectivity index (χ0v) is 29.7. The van der Waals surface area contributed by atoms with Gasteiger partial charge in [0.2, 0.25) is 23.6 Å². The van der Waals surface area contributed by atoms with Gasteiger partial charge in [-0.1, -0.05) is 32.6 Å². The first kappa shape index (κ1) is 48.4. The molecule has 0 radical (unpaired) electrons. The fraction of sp³-hybridized carbons (Fsp3) is 0.781. The first-order chi connectivity index (χ1) is 23.8. The van der Waals surface area contributed by atoms with Crippen molar-refractivity contribution in [2.45, 2.75) is 123 Å². The number of hydroxylamine groups is 7. The average molecular weight is 721 g/mol. The van der Waals surface area contributed by atoms with Crippen molar-refractivity contribution in [3.8, 4) is 0 Å². The third-order valence-corrected chi connectivity index (χ3v) is 7.21. The standard InChI is InChI=1S/C17H33N3O5.C15H27N3O7/c1-2-3-4-6-9-15(21)10-11-17(23)20(25)13-8-5-7-12-18-14-16(22)19-24;1-2-17(24)13(20)7-6-12(19)16-10-4-3-5-11-18(25)14(21)8-9-15(22)23/h18,24-25H,2-14H2,1H3,(H,19,22);24-25H,2-11H2,1H3,(H,16,19)(H,22,23). The van der Waals surface area contributed by atoms with E-state index in [4.69, 9.17) is 15.5 Å². The fourth-order valence-corrected chi connectivity index (χ4v) is 4.18. The van der Waals surface area contributed by atoms with Crippen molar-refractivity contribution in [1.82, 2.24) is 31.3 Å². The van der Waals surface area contributed by atoms with Gasteiger partial charge in [-0.15, -0.1) is 0 Å². The minimum Gasteiger partial charge on any atom is -0.481 e. The molecule has 0 spiro atoms. The summed E-state index contributed by atoms with van der Waals surface area (Å²) in [4.78, 5) is 78.6. The van der Waals surface area contributed by atoms with Gasteiger partial charge in [-0.05, 0) is 52.0 Å². The van der Waals surface area contributed by atoms with Gasteiger partial charge in [-0.25, -0.2) is 20.7 Å². The summed E-state index contributed by atoms with van der Waals surface area (Å²) in [5, 5.41) is 52.2. The van der Waals surface area contributed by atoms with Gasteiger partial charge in [0, 0.05) is 64.7 Å². The number of amides is 5. The summed E-state index contributed by atoms with van der Waals surface area (Å²) in [5.41, 5.74) is 1.53. The van der Waals surface area contributed by atoms with E-state index in [0.717, 1.165) is 38.5 Å². The molecule has 5 amide bonds. The van der Waals surface area contributed by atoms with Crippen LogP contribution in [0.1, 0.15) is 123 Å². The summed E-state index contributed by atoms with van der Waals surface area (Å²) in [7, 11) is 0. The number of rotatable bonds is 29. The second-order valence-corrected chi connectivity index (χ2v) is 11.6. The van der Waals surface area contributed by atoms with Crippen LogP contribution in [0.3, 0.4) is 0 Å². The number of ketones is 1. The van der Waals surface area contributed by atoms with Crippen LogP contribution in [-0.2, 0) is 33.6 Å². The smallest absolute Gasteiger partial charge is 0.303 e. The molecule has 0 heterocycles. The van der Waals surface area contributed by atoms with Gasteiger partial charge in [-0.3, -0.25) is 54.4 Å². The molecule has 0 aromatic carbocycles. The fourth-order valence-electron chi connectivity index (χ4n) is 4.18. The summed E-state index contributed by atoms with van der Waals surface area (Å²) in [6.45, 7) is 5.30. The van der Waals surface area contributed by atoms with E-state index in [1.807, 2.05) is 0 Å². The van der Waals surface area contributed by atoms with E-state index in [2.05, 4.69) is 17.6 Å². The molecule has 0 saturated carbocycles. The van der Waals surface area contributed by atoms with E-state index in [1.54, 1.807) is 6.92 Å². The number of hydrogen-bond acceptors (Lipinski definition) is 12. The maximum absolute atomic E-state index is 11.7. The molecule has 0 unspecified atom stereocenters. The molecule has 0 rings (SSSR count). The molecule has 0 atom stereocenters. The summed E-state index contributed by atoms with van der Waals surface area (Å²) in [6.07, 6.45) is 8.32. The molecular formula is C32H60N6O12. The maximum atomic E-state index is 11.7. The second kappa shape index (κ2) is 32.5. The molecule has 0 aromatic heterocycles. The van der Waals surface area contributed by atoms with Crippen molar-refractivity contribution in [2.75, 3.05) is 39.3 Å². The van der Waals surface area contributed by atoms with Crippen LogP contribution in [0, 0.1) is 0 Å². The number of carboxylic acid groups (broad SMARTS) is 1. The third-order valence-electron chi connectivity index (χ3n) is 7.21. The highest BCUT2D eigenvalue weighted by Crippen LogP contribution is 2.07. The summed E-state index contributed by atoms with van der Waals surface area (Å²) in [5.74, 6) is -3.35. The number of carbonyl (C=O) groups is 7. The lowest BCUT2D eigenvalue weighted by Gasteiger charge is -2.14. The molecular weight excluding hydrogens is 660 g/mol. The van der Waals surface area contributed by atoms with Crippen LogP contribution >= 0.6 is 0 Å². The van der Waals surface area contributed by atoms with Crippen LogP contribution < -0.4 is 16.1 Å². The largest absolute Gasteiger partial charge is 0.481 e. The lowest BCUT2D eigenvalue weighted by Crippen LogP contribution is -2.32. The molecule has 0 aliphatic carbocycles. The van der Waals surface area contributed by atoms with E-state index in [9.17, 15) is 44.0 Å². The number of hydrogen-bond donors (Lipinski definition) is 8. The van der Waals surface area contributed by atoms with Crippen molar-refractivity contribution in [3.05, 3.63) is 0 Å². The lowest BCUT2D eigenvalue weighted by atomic mass is 10.1. The monoisotopic (exact) mass is 720 g/mol. The Hall–Kier alpha value is -3.71. The Kier molecular flexibility index (Phi) is 31.5. The Morgan fingerprint density at radius 1 is 0.540 bits per heavy atom. The zero-order chi connectivity index (χ0) is 38.2. The van der Waals surface area contributed by atoms with E-state index in [-0.39, 0.29) is 76.4 Å². The Morgan fingerprint density at radius 2 is 1.06 bits per heavy atom. The Morgan fingerprint density at radius 3 is 1.60 bits per heavy atom. The van der Waals surface area contributed by atoms with Crippen LogP contribution in [0.5, 0.6) is 0 Å². The molecule has 0 bridgehead atoms. The first-order valence-electron chi connectivity index (χ1n) is 17.4. The molecule has 50 heavy (non-hydrogen) atoms. The highest BCUT2D eigenvalue weighted by Gasteiger charge is 2.14. The molecule has 0 aliphatic rings. The van der Waals surface area contributed by atoms with Crippen LogP contribution in [0.2, 0.25) is 0 Å². The number of carbonyl (C=O) groups excluding carboxylic acids is 6. The highest BCUT2D eigenvalue weighted by atomic mass is 16.5. The Bertz CT molecular complexity index is 1000. The van der Waals surface area contributed by atoms with Crippen molar-refractivity contribution in [2.24, 2.45) is 0 Å². The summed E-state index contributed by atoms with van der Waals surface area (Å²) in [6, 6.07) is 0. The van der Waals surface area contributed by atoms with Crippen molar-refractivity contribution in [1.29, 1.82) is 0 Å². The van der Waals surface area contributed by atoms with E-state index >= 15 is 0 Å². The number of aliphatic carboxylic acids is 1. The van der Waals surface area contributed by atoms with Crippen LogP contribution in [-0.4, -0.2) is 122 Å². The third kappa shape index (κ3) is 30.4. The molecule has 18 heteroatoms. The predicted molar refractivity (Wildman–Crippen MR) is 179 cm³/mol. The number of unbranched alkanes of at least 4 members (excludes halogenated alkanes) is 7. The van der Waals surface area contributed by atoms with Gasteiger partial charge in [0.25, 0.3) is 5.91 Å². The lowest BCUT2D eigenvalue weighted by molar-refractivity contribution is -0.166. The quantitative estimate of drug-likeness (QED) is 0.0313. The van der Waals surface area contributed by atoms with Gasteiger partial charge in [0.05, 0.1) is 13.0 Å². The minimum atomic E-state index is -1.10. The average Bonchev–Trinajstić information content (AvgIpc) is 3.10. The first-order valence-corrected chi connectivity index (χ1v) is 17.4. The number of Topliss-reactive ketones (excluding diaryl/α,β-unsaturated/α-hetero) is 1. The summed E-state index contributed by atoms with van der Waals surface area (Å²) >= 11 is 0. The van der Waals surface area contributed by atoms with Gasteiger partial charge in [-0.2, -0.15) is 0 Å². The highest BCUT2D eigenvalue weighted by molar-refractivity contribution is 5.84. The van der Waals surface area contributed by atoms with Crippen LogP contribution in [0.15, 0.2) is 0 Å². The predicted octanol–water partition coefficient (Wildman–Crippen LogP) is 2.16. The van der Waals surface area contributed by atoms with Gasteiger partial charge in [0.15, 0.2) is 0 Å². The second-order valence-electron chi connectivity index (χ2n) is 11.6. The minimum absolute atomic E-state index is 0.00160. The number of carboxylic acids is 1. The zero-order valence-electron chi connectivity index (χ0n) is 29.7. The molecule has 0 saturated heterocycles. The Labute approximate surface area is 294 Å². The maximum Gasteiger partial charge on any atom is 0.303 e. The van der Waals surface area contributed by atoms with Crippen molar-refractivity contribution >= 4 is 41.3 Å². The van der Waals surface area contributed by atoms with Crippen LogP contribution in [0.4, 0.5) is 0 Å². The van der Waals surface area contributed by atoms with E-state index in [1.165, 1.54) is 5.48 Å². The topological polar surface area (TPSA) is 266 Å².